The molecule has 1 aliphatic rings. The lowest BCUT2D eigenvalue weighted by molar-refractivity contribution is 0.398. The third-order valence-corrected chi connectivity index (χ3v) is 3.31. The number of rotatable bonds is 4. The van der Waals surface area contributed by atoms with Gasteiger partial charge in [0.25, 0.3) is 0 Å². The predicted octanol–water partition coefficient (Wildman–Crippen LogP) is 2.55. The normalized spacial score (nSPS) is 20.1. The Morgan fingerprint density at radius 1 is 1.62 bits per heavy atom. The van der Waals surface area contributed by atoms with Crippen molar-refractivity contribution in [2.75, 3.05) is 31.0 Å². The van der Waals surface area contributed by atoms with Crippen LogP contribution in [0.3, 0.4) is 0 Å². The average molecular weight is 241 g/mol. The van der Waals surface area contributed by atoms with E-state index in [1.165, 1.54) is 12.1 Å². The van der Waals surface area contributed by atoms with Gasteiger partial charge in [0.15, 0.2) is 0 Å². The van der Waals surface area contributed by atoms with Gasteiger partial charge in [-0.15, -0.1) is 11.6 Å². The van der Waals surface area contributed by atoms with E-state index in [-0.39, 0.29) is 0 Å². The Morgan fingerprint density at radius 2 is 2.50 bits per heavy atom. The van der Waals surface area contributed by atoms with Crippen molar-refractivity contribution in [3.8, 4) is 5.88 Å². The van der Waals surface area contributed by atoms with Gasteiger partial charge in [0.1, 0.15) is 0 Å². The van der Waals surface area contributed by atoms with E-state index in [9.17, 15) is 0 Å². The Bertz CT molecular complexity index is 346. The molecule has 0 saturated carbocycles. The smallest absolute Gasteiger partial charge is 0.214 e. The lowest BCUT2D eigenvalue weighted by Gasteiger charge is -2.18. The van der Waals surface area contributed by atoms with Crippen molar-refractivity contribution >= 4 is 17.3 Å². The summed E-state index contributed by atoms with van der Waals surface area (Å²) in [6.45, 7) is 2.20. The van der Waals surface area contributed by atoms with Crippen molar-refractivity contribution in [1.29, 1.82) is 0 Å². The maximum Gasteiger partial charge on any atom is 0.214 e. The molecule has 0 spiro atoms. The van der Waals surface area contributed by atoms with Crippen LogP contribution in [0.2, 0.25) is 0 Å². The van der Waals surface area contributed by atoms with Crippen molar-refractivity contribution in [2.45, 2.75) is 12.8 Å². The second-order valence-corrected chi connectivity index (χ2v) is 4.51. The predicted molar refractivity (Wildman–Crippen MR) is 66.4 cm³/mol. The van der Waals surface area contributed by atoms with Crippen LogP contribution in [-0.2, 0) is 0 Å². The van der Waals surface area contributed by atoms with E-state index in [1.54, 1.807) is 13.3 Å². The summed E-state index contributed by atoms with van der Waals surface area (Å²) >= 11 is 5.77. The zero-order chi connectivity index (χ0) is 11.4. The van der Waals surface area contributed by atoms with E-state index < -0.39 is 0 Å². The molecular weight excluding hydrogens is 224 g/mol. The third kappa shape index (κ3) is 2.59. The van der Waals surface area contributed by atoms with Crippen LogP contribution in [0.15, 0.2) is 18.3 Å². The monoisotopic (exact) mass is 240 g/mol. The molecule has 16 heavy (non-hydrogen) atoms. The van der Waals surface area contributed by atoms with Gasteiger partial charge >= 0.3 is 0 Å². The first-order valence-corrected chi connectivity index (χ1v) is 6.18. The summed E-state index contributed by atoms with van der Waals surface area (Å²) in [4.78, 5) is 6.49. The number of ether oxygens (including phenoxy) is 1. The van der Waals surface area contributed by atoms with Gasteiger partial charge in [0.05, 0.1) is 7.11 Å². The maximum absolute atomic E-state index is 5.77. The minimum absolute atomic E-state index is 0.679. The lowest BCUT2D eigenvalue weighted by Crippen LogP contribution is -2.19. The average Bonchev–Trinajstić information content (AvgIpc) is 2.78. The van der Waals surface area contributed by atoms with Crippen LogP contribution < -0.4 is 9.64 Å². The summed E-state index contributed by atoms with van der Waals surface area (Å²) in [5.74, 6) is 2.17. The highest BCUT2D eigenvalue weighted by atomic mass is 35.5. The molecule has 1 aliphatic heterocycles. The molecule has 88 valence electrons. The Balaban J connectivity index is 2.02. The topological polar surface area (TPSA) is 25.4 Å². The van der Waals surface area contributed by atoms with E-state index >= 15 is 0 Å². The Kier molecular flexibility index (Phi) is 3.88. The quantitative estimate of drug-likeness (QED) is 0.757. The van der Waals surface area contributed by atoms with Crippen molar-refractivity contribution in [2.24, 2.45) is 5.92 Å². The van der Waals surface area contributed by atoms with Gasteiger partial charge in [0, 0.05) is 36.9 Å². The van der Waals surface area contributed by atoms with Gasteiger partial charge in [-0.1, -0.05) is 0 Å². The fourth-order valence-corrected chi connectivity index (χ4v) is 2.47. The molecule has 3 nitrogen and oxygen atoms in total. The highest BCUT2D eigenvalue weighted by Gasteiger charge is 2.22. The molecule has 0 radical (unpaired) electrons. The number of nitrogens with zero attached hydrogens (tertiary/aromatic N) is 2. The third-order valence-electron chi connectivity index (χ3n) is 3.10. The number of alkyl halides is 1. The summed E-state index contributed by atoms with van der Waals surface area (Å²) in [6, 6.07) is 4.02. The minimum atomic E-state index is 0.679. The molecule has 0 N–H and O–H groups in total. The molecule has 0 bridgehead atoms. The lowest BCUT2D eigenvalue weighted by atomic mass is 10.1. The number of hydrogen-bond donors (Lipinski definition) is 0. The Labute approximate surface area is 101 Å². The maximum atomic E-state index is 5.77. The largest absolute Gasteiger partial charge is 0.481 e. The Morgan fingerprint density at radius 3 is 3.25 bits per heavy atom. The molecular formula is C12H17ClN2O. The minimum Gasteiger partial charge on any atom is -0.481 e. The van der Waals surface area contributed by atoms with Gasteiger partial charge in [-0.2, -0.15) is 0 Å². The molecule has 4 heteroatoms. The SMILES string of the molecule is COc1cc(N2CCC(CCCl)C2)ccn1. The van der Waals surface area contributed by atoms with Crippen LogP contribution in [0, 0.1) is 5.92 Å². The van der Waals surface area contributed by atoms with Crippen molar-refractivity contribution in [1.82, 2.24) is 4.98 Å². The highest BCUT2D eigenvalue weighted by Crippen LogP contribution is 2.27. The first-order chi connectivity index (χ1) is 7.83. The fourth-order valence-electron chi connectivity index (χ4n) is 2.16. The van der Waals surface area contributed by atoms with E-state index in [1.807, 2.05) is 12.1 Å². The second-order valence-electron chi connectivity index (χ2n) is 4.13. The van der Waals surface area contributed by atoms with Crippen LogP contribution >= 0.6 is 11.6 Å². The Hall–Kier alpha value is -0.960. The fraction of sp³-hybridized carbons (Fsp3) is 0.583. The van der Waals surface area contributed by atoms with Crippen LogP contribution in [0.5, 0.6) is 5.88 Å². The standard InChI is InChI=1S/C12H17ClN2O/c1-16-12-8-11(3-6-14-12)15-7-4-10(9-15)2-5-13/h3,6,8,10H,2,4-5,7,9H2,1H3. The zero-order valence-electron chi connectivity index (χ0n) is 9.53. The summed E-state index contributed by atoms with van der Waals surface area (Å²) in [7, 11) is 1.65. The summed E-state index contributed by atoms with van der Waals surface area (Å²) < 4.78 is 5.13. The molecule has 1 aromatic rings. The number of methoxy groups -OCH3 is 1. The first kappa shape index (κ1) is 11.5. The molecule has 1 saturated heterocycles. The molecule has 0 aliphatic carbocycles. The van der Waals surface area contributed by atoms with E-state index in [4.69, 9.17) is 16.3 Å². The number of anilines is 1. The van der Waals surface area contributed by atoms with Crippen LogP contribution in [0.25, 0.3) is 0 Å². The first-order valence-electron chi connectivity index (χ1n) is 5.64. The number of pyridine rings is 1. The molecule has 0 amide bonds. The number of halogens is 1. The van der Waals surface area contributed by atoms with Gasteiger partial charge in [-0.3, -0.25) is 0 Å². The highest BCUT2D eigenvalue weighted by molar-refractivity contribution is 6.17. The summed E-state index contributed by atoms with van der Waals surface area (Å²) in [5.41, 5.74) is 1.20. The van der Waals surface area contributed by atoms with Gasteiger partial charge in [-0.05, 0) is 24.8 Å². The van der Waals surface area contributed by atoms with Crippen molar-refractivity contribution in [3.63, 3.8) is 0 Å². The van der Waals surface area contributed by atoms with Crippen molar-refractivity contribution < 1.29 is 4.74 Å². The van der Waals surface area contributed by atoms with Gasteiger partial charge in [-0.25, -0.2) is 4.98 Å². The molecule has 0 aromatic carbocycles. The van der Waals surface area contributed by atoms with Gasteiger partial charge < -0.3 is 9.64 Å². The molecule has 1 aromatic heterocycles. The zero-order valence-corrected chi connectivity index (χ0v) is 10.3. The van der Waals surface area contributed by atoms with E-state index in [2.05, 4.69) is 9.88 Å². The molecule has 1 unspecified atom stereocenters. The van der Waals surface area contributed by atoms with Crippen LogP contribution in [0.4, 0.5) is 5.69 Å². The number of aromatic nitrogens is 1. The summed E-state index contributed by atoms with van der Waals surface area (Å²) in [6.07, 6.45) is 4.14. The van der Waals surface area contributed by atoms with Crippen LogP contribution in [-0.4, -0.2) is 31.1 Å². The summed E-state index contributed by atoms with van der Waals surface area (Å²) in [5, 5.41) is 0. The van der Waals surface area contributed by atoms with Gasteiger partial charge in [0.2, 0.25) is 5.88 Å². The van der Waals surface area contributed by atoms with E-state index in [0.29, 0.717) is 5.88 Å². The van der Waals surface area contributed by atoms with Crippen LogP contribution in [0.1, 0.15) is 12.8 Å². The molecule has 2 heterocycles. The molecule has 1 atom stereocenters. The van der Waals surface area contributed by atoms with Crippen molar-refractivity contribution in [3.05, 3.63) is 18.3 Å². The second kappa shape index (κ2) is 5.39. The molecule has 2 rings (SSSR count). The molecule has 1 fully saturated rings. The van der Waals surface area contributed by atoms with E-state index in [0.717, 1.165) is 31.3 Å². The number of hydrogen-bond acceptors (Lipinski definition) is 3.